The van der Waals surface area contributed by atoms with Gasteiger partial charge < -0.3 is 24.4 Å². The van der Waals surface area contributed by atoms with Crippen molar-refractivity contribution in [1.29, 1.82) is 0 Å². The number of nitrogens with zero attached hydrogens (tertiary/aromatic N) is 3. The summed E-state index contributed by atoms with van der Waals surface area (Å²) in [5.74, 6) is 6.81. The van der Waals surface area contributed by atoms with E-state index < -0.39 is 6.10 Å². The van der Waals surface area contributed by atoms with Gasteiger partial charge in [-0.2, -0.15) is 0 Å². The minimum atomic E-state index is -0.391. The number of carbonyl (C=O) groups is 2. The van der Waals surface area contributed by atoms with Crippen LogP contribution in [0.15, 0.2) is 12.3 Å². The number of carbonyl (C=O) groups excluding carboxylic acids is 2. The van der Waals surface area contributed by atoms with E-state index in [4.69, 9.17) is 9.47 Å². The molecule has 1 aromatic heterocycles. The molecule has 0 spiro atoms. The first-order valence-corrected chi connectivity index (χ1v) is 12.1. The van der Waals surface area contributed by atoms with Crippen molar-refractivity contribution in [2.75, 3.05) is 40.5 Å². The van der Waals surface area contributed by atoms with Gasteiger partial charge in [0.05, 0.1) is 19.2 Å². The lowest BCUT2D eigenvalue weighted by molar-refractivity contribution is -0.135. The molecule has 0 saturated heterocycles. The number of amides is 2. The van der Waals surface area contributed by atoms with Gasteiger partial charge in [-0.05, 0) is 31.7 Å². The molecule has 34 heavy (non-hydrogen) atoms. The molecule has 1 N–H and O–H groups in total. The SMILES string of the molecule is COCC(=O)N(C)C[C@H]1Oc2ncc(C#CCC3CCCC3)cc2C(=O)N([C@@H](C)CO)C[C@@H]1C. The van der Waals surface area contributed by atoms with Crippen LogP contribution in [0.4, 0.5) is 0 Å². The normalized spacial score (nSPS) is 21.6. The number of hydrogen-bond donors (Lipinski definition) is 1. The average molecular weight is 472 g/mol. The maximum Gasteiger partial charge on any atom is 0.259 e. The van der Waals surface area contributed by atoms with Crippen LogP contribution in [0.2, 0.25) is 0 Å². The Morgan fingerprint density at radius 1 is 1.41 bits per heavy atom. The number of rotatable bonds is 7. The molecular weight excluding hydrogens is 434 g/mol. The summed E-state index contributed by atoms with van der Waals surface area (Å²) in [7, 11) is 3.18. The van der Waals surface area contributed by atoms with E-state index >= 15 is 0 Å². The van der Waals surface area contributed by atoms with E-state index in [1.54, 1.807) is 29.1 Å². The quantitative estimate of drug-likeness (QED) is 0.614. The van der Waals surface area contributed by atoms with E-state index in [2.05, 4.69) is 16.8 Å². The Kier molecular flexibility index (Phi) is 9.31. The number of fused-ring (bicyclic) bond motifs is 1. The maximum absolute atomic E-state index is 13.5. The van der Waals surface area contributed by atoms with Crippen LogP contribution in [-0.2, 0) is 9.53 Å². The Bertz CT molecular complexity index is 919. The van der Waals surface area contributed by atoms with Crippen molar-refractivity contribution in [3.63, 3.8) is 0 Å². The average Bonchev–Trinajstić information content (AvgIpc) is 3.34. The number of methoxy groups -OCH3 is 1. The van der Waals surface area contributed by atoms with E-state index in [1.165, 1.54) is 32.8 Å². The van der Waals surface area contributed by atoms with Crippen LogP contribution < -0.4 is 4.74 Å². The zero-order chi connectivity index (χ0) is 24.7. The fourth-order valence-corrected chi connectivity index (χ4v) is 4.51. The smallest absolute Gasteiger partial charge is 0.259 e. The molecule has 1 aliphatic heterocycles. The first kappa shape index (κ1) is 26.0. The summed E-state index contributed by atoms with van der Waals surface area (Å²) >= 11 is 0. The highest BCUT2D eigenvalue weighted by molar-refractivity contribution is 5.97. The highest BCUT2D eigenvalue weighted by Gasteiger charge is 2.34. The van der Waals surface area contributed by atoms with Crippen molar-refractivity contribution < 1.29 is 24.2 Å². The van der Waals surface area contributed by atoms with E-state index in [1.807, 2.05) is 13.8 Å². The van der Waals surface area contributed by atoms with Gasteiger partial charge in [-0.1, -0.05) is 31.6 Å². The van der Waals surface area contributed by atoms with Crippen molar-refractivity contribution in [3.8, 4) is 17.7 Å². The maximum atomic E-state index is 13.5. The molecule has 2 amide bonds. The van der Waals surface area contributed by atoms with Crippen LogP contribution in [0, 0.1) is 23.7 Å². The minimum Gasteiger partial charge on any atom is -0.472 e. The summed E-state index contributed by atoms with van der Waals surface area (Å²) in [5, 5.41) is 9.79. The number of ether oxygens (including phenoxy) is 2. The van der Waals surface area contributed by atoms with E-state index in [0.717, 1.165) is 6.42 Å². The molecule has 186 valence electrons. The lowest BCUT2D eigenvalue weighted by Crippen LogP contribution is -2.50. The Balaban J connectivity index is 1.88. The zero-order valence-corrected chi connectivity index (χ0v) is 20.7. The topological polar surface area (TPSA) is 92.2 Å². The molecule has 1 saturated carbocycles. The fraction of sp³-hybridized carbons (Fsp3) is 0.654. The second kappa shape index (κ2) is 12.2. The number of aromatic nitrogens is 1. The van der Waals surface area contributed by atoms with Gasteiger partial charge in [0.2, 0.25) is 11.8 Å². The molecule has 2 aliphatic rings. The molecule has 0 unspecified atom stereocenters. The molecule has 1 aromatic rings. The summed E-state index contributed by atoms with van der Waals surface area (Å²) in [4.78, 5) is 33.4. The van der Waals surface area contributed by atoms with Crippen LogP contribution in [0.3, 0.4) is 0 Å². The van der Waals surface area contributed by atoms with Gasteiger partial charge >= 0.3 is 0 Å². The molecule has 0 radical (unpaired) electrons. The van der Waals surface area contributed by atoms with Crippen LogP contribution in [0.1, 0.15) is 61.9 Å². The molecule has 8 heteroatoms. The standard InChI is InChI=1S/C26H37N3O5/c1-18-14-29(19(2)16-30)26(32)22-12-21(11-7-10-20-8-5-6-9-20)13-27-25(22)34-23(18)15-28(3)24(31)17-33-4/h12-13,18-20,23,30H,5-6,8-10,14-17H2,1-4H3/t18-,19-,23+/m0/s1. The van der Waals surface area contributed by atoms with Crippen LogP contribution in [0.5, 0.6) is 5.88 Å². The number of pyridine rings is 1. The van der Waals surface area contributed by atoms with Crippen molar-refractivity contribution in [3.05, 3.63) is 23.4 Å². The van der Waals surface area contributed by atoms with Gasteiger partial charge in [0, 0.05) is 44.8 Å². The van der Waals surface area contributed by atoms with Crippen molar-refractivity contribution in [2.24, 2.45) is 11.8 Å². The van der Waals surface area contributed by atoms with Crippen LogP contribution >= 0.6 is 0 Å². The van der Waals surface area contributed by atoms with E-state index in [9.17, 15) is 14.7 Å². The molecule has 8 nitrogen and oxygen atoms in total. The first-order valence-electron chi connectivity index (χ1n) is 12.1. The van der Waals surface area contributed by atoms with Gasteiger partial charge in [0.1, 0.15) is 18.3 Å². The summed E-state index contributed by atoms with van der Waals surface area (Å²) in [5.41, 5.74) is 0.999. The largest absolute Gasteiger partial charge is 0.472 e. The van der Waals surface area contributed by atoms with Crippen LogP contribution in [-0.4, -0.2) is 84.3 Å². The van der Waals surface area contributed by atoms with E-state index in [-0.39, 0.29) is 42.9 Å². The third-order valence-electron chi connectivity index (χ3n) is 6.77. The molecular formula is C26H37N3O5. The van der Waals surface area contributed by atoms with Crippen molar-refractivity contribution in [1.82, 2.24) is 14.8 Å². The summed E-state index contributed by atoms with van der Waals surface area (Å²) < 4.78 is 11.2. The predicted molar refractivity (Wildman–Crippen MR) is 128 cm³/mol. The molecule has 0 bridgehead atoms. The number of likely N-dealkylation sites (N-methyl/N-ethyl adjacent to an activating group) is 1. The number of aliphatic hydroxyl groups is 1. The molecule has 1 fully saturated rings. The Hall–Kier alpha value is -2.63. The van der Waals surface area contributed by atoms with E-state index in [0.29, 0.717) is 30.1 Å². The van der Waals surface area contributed by atoms with Gasteiger partial charge in [-0.15, -0.1) is 0 Å². The third-order valence-corrected chi connectivity index (χ3v) is 6.77. The Morgan fingerprint density at radius 3 is 2.82 bits per heavy atom. The third kappa shape index (κ3) is 6.49. The lowest BCUT2D eigenvalue weighted by atomic mass is 9.99. The second-order valence-corrected chi connectivity index (χ2v) is 9.56. The van der Waals surface area contributed by atoms with Gasteiger partial charge in [0.25, 0.3) is 5.91 Å². The molecule has 2 heterocycles. The minimum absolute atomic E-state index is 0.0124. The second-order valence-electron chi connectivity index (χ2n) is 9.56. The highest BCUT2D eigenvalue weighted by atomic mass is 16.5. The molecule has 3 rings (SSSR count). The lowest BCUT2D eigenvalue weighted by Gasteiger charge is -2.37. The molecule has 3 atom stereocenters. The summed E-state index contributed by atoms with van der Waals surface area (Å²) in [6.07, 6.45) is 7.13. The van der Waals surface area contributed by atoms with Gasteiger partial charge in [-0.25, -0.2) is 4.98 Å². The molecule has 1 aliphatic carbocycles. The Morgan fingerprint density at radius 2 is 2.15 bits per heavy atom. The first-order chi connectivity index (χ1) is 16.3. The fourth-order valence-electron chi connectivity index (χ4n) is 4.51. The van der Waals surface area contributed by atoms with Crippen molar-refractivity contribution >= 4 is 11.8 Å². The van der Waals surface area contributed by atoms with Crippen molar-refractivity contribution in [2.45, 2.75) is 58.1 Å². The Labute approximate surface area is 202 Å². The highest BCUT2D eigenvalue weighted by Crippen LogP contribution is 2.28. The predicted octanol–water partition coefficient (Wildman–Crippen LogP) is 2.34. The van der Waals surface area contributed by atoms with Gasteiger partial charge in [0.15, 0.2) is 0 Å². The van der Waals surface area contributed by atoms with Crippen LogP contribution in [0.25, 0.3) is 0 Å². The number of aliphatic hydroxyl groups excluding tert-OH is 1. The molecule has 0 aromatic carbocycles. The summed E-state index contributed by atoms with van der Waals surface area (Å²) in [6.45, 7) is 4.32. The van der Waals surface area contributed by atoms with Gasteiger partial charge in [-0.3, -0.25) is 9.59 Å². The monoisotopic (exact) mass is 471 g/mol. The summed E-state index contributed by atoms with van der Waals surface area (Å²) in [6, 6.07) is 1.36. The number of hydrogen-bond acceptors (Lipinski definition) is 6. The zero-order valence-electron chi connectivity index (χ0n) is 20.7.